The number of benzene rings is 1. The fourth-order valence-corrected chi connectivity index (χ4v) is 3.21. The molecule has 0 spiro atoms. The zero-order valence-electron chi connectivity index (χ0n) is 12.3. The predicted molar refractivity (Wildman–Crippen MR) is 88.2 cm³/mol. The molecule has 1 atom stereocenters. The van der Waals surface area contributed by atoms with Crippen LogP contribution in [0.4, 0.5) is 17.1 Å². The second-order valence-electron chi connectivity index (χ2n) is 5.09. The average molecular weight is 305 g/mol. The monoisotopic (exact) mass is 305 g/mol. The highest BCUT2D eigenvalue weighted by Crippen LogP contribution is 2.37. The van der Waals surface area contributed by atoms with Gasteiger partial charge in [-0.1, -0.05) is 26.0 Å². The molecule has 5 nitrogen and oxygen atoms in total. The Labute approximate surface area is 128 Å². The molecule has 0 radical (unpaired) electrons. The van der Waals surface area contributed by atoms with Gasteiger partial charge in [0.2, 0.25) is 0 Å². The fourth-order valence-electron chi connectivity index (χ4n) is 2.26. The maximum absolute atomic E-state index is 11.4. The van der Waals surface area contributed by atoms with Gasteiger partial charge >= 0.3 is 5.69 Å². The van der Waals surface area contributed by atoms with Crippen molar-refractivity contribution in [1.82, 2.24) is 0 Å². The third-order valence-electron chi connectivity index (χ3n) is 3.32. The van der Waals surface area contributed by atoms with Gasteiger partial charge in [0, 0.05) is 11.9 Å². The van der Waals surface area contributed by atoms with Gasteiger partial charge in [0.1, 0.15) is 11.4 Å². The van der Waals surface area contributed by atoms with Gasteiger partial charge < -0.3 is 10.6 Å². The number of para-hydroxylation sites is 1. The minimum absolute atomic E-state index is 0.0517. The smallest absolute Gasteiger partial charge is 0.315 e. The largest absolute Gasteiger partial charge is 0.382 e. The molecule has 0 aliphatic carbocycles. The molecule has 0 bridgehead atoms. The molecule has 0 amide bonds. The Morgan fingerprint density at radius 3 is 2.43 bits per heavy atom. The molecule has 0 fully saturated rings. The number of anilines is 2. The summed E-state index contributed by atoms with van der Waals surface area (Å²) < 4.78 is 0. The fraction of sp³-hybridized carbons (Fsp3) is 0.333. The van der Waals surface area contributed by atoms with Crippen LogP contribution in [0.25, 0.3) is 0 Å². The van der Waals surface area contributed by atoms with E-state index >= 15 is 0 Å². The van der Waals surface area contributed by atoms with E-state index in [-0.39, 0.29) is 16.7 Å². The molecule has 2 N–H and O–H groups in total. The van der Waals surface area contributed by atoms with E-state index in [1.165, 1.54) is 4.88 Å². The minimum Gasteiger partial charge on any atom is -0.382 e. The van der Waals surface area contributed by atoms with Crippen molar-refractivity contribution in [3.63, 3.8) is 0 Å². The van der Waals surface area contributed by atoms with E-state index in [4.69, 9.17) is 0 Å². The Hall–Kier alpha value is -2.08. The third kappa shape index (κ3) is 3.33. The van der Waals surface area contributed by atoms with Crippen LogP contribution in [-0.4, -0.2) is 12.0 Å². The Morgan fingerprint density at radius 1 is 1.19 bits per heavy atom. The zero-order valence-corrected chi connectivity index (χ0v) is 13.1. The molecule has 112 valence electrons. The van der Waals surface area contributed by atoms with E-state index in [2.05, 4.69) is 30.5 Å². The minimum atomic E-state index is -0.347. The van der Waals surface area contributed by atoms with Crippen molar-refractivity contribution >= 4 is 28.4 Å². The third-order valence-corrected chi connectivity index (χ3v) is 4.27. The molecule has 1 aromatic heterocycles. The summed E-state index contributed by atoms with van der Waals surface area (Å²) in [6.45, 7) is 4.20. The second kappa shape index (κ2) is 6.58. The van der Waals surface area contributed by atoms with E-state index < -0.39 is 0 Å². The van der Waals surface area contributed by atoms with Crippen molar-refractivity contribution in [3.05, 3.63) is 50.7 Å². The Bertz CT molecular complexity index is 611. The standard InChI is InChI=1S/C15H19N3O2S/c1-10(2)14(13-8-5-9-21-13)17-12-7-4-6-11(16-3)15(12)18(19)20/h4-10,14,16-17H,1-3H3. The van der Waals surface area contributed by atoms with Gasteiger partial charge in [0.25, 0.3) is 0 Å². The molecule has 0 aliphatic rings. The van der Waals surface area contributed by atoms with Crippen LogP contribution in [0.5, 0.6) is 0 Å². The van der Waals surface area contributed by atoms with Crippen molar-refractivity contribution in [2.75, 3.05) is 17.7 Å². The molecule has 1 heterocycles. The summed E-state index contributed by atoms with van der Waals surface area (Å²) in [5.41, 5.74) is 1.14. The lowest BCUT2D eigenvalue weighted by molar-refractivity contribution is -0.383. The van der Waals surface area contributed by atoms with Gasteiger partial charge in [-0.15, -0.1) is 11.3 Å². The van der Waals surface area contributed by atoms with Gasteiger partial charge in [0.05, 0.1) is 11.0 Å². The normalized spacial score (nSPS) is 12.2. The summed E-state index contributed by atoms with van der Waals surface area (Å²) in [7, 11) is 1.69. The summed E-state index contributed by atoms with van der Waals surface area (Å²) in [6, 6.07) is 9.37. The molecule has 1 unspecified atom stereocenters. The Kier molecular flexibility index (Phi) is 4.80. The van der Waals surface area contributed by atoms with Gasteiger partial charge in [-0.05, 0) is 29.5 Å². The molecule has 1 aromatic carbocycles. The van der Waals surface area contributed by atoms with Gasteiger partial charge in [-0.3, -0.25) is 10.1 Å². The Balaban J connectivity index is 2.40. The van der Waals surface area contributed by atoms with Crippen molar-refractivity contribution in [1.29, 1.82) is 0 Å². The molecule has 2 rings (SSSR count). The number of hydrogen-bond acceptors (Lipinski definition) is 5. The van der Waals surface area contributed by atoms with E-state index in [0.717, 1.165) is 0 Å². The van der Waals surface area contributed by atoms with Crippen LogP contribution >= 0.6 is 11.3 Å². The number of nitrogens with zero attached hydrogens (tertiary/aromatic N) is 1. The highest BCUT2D eigenvalue weighted by molar-refractivity contribution is 7.10. The zero-order chi connectivity index (χ0) is 15.4. The molecule has 0 aliphatic heterocycles. The molecule has 6 heteroatoms. The number of hydrogen-bond donors (Lipinski definition) is 2. The molecular formula is C15H19N3O2S. The first kappa shape index (κ1) is 15.3. The highest BCUT2D eigenvalue weighted by Gasteiger charge is 2.23. The van der Waals surface area contributed by atoms with Crippen LogP contribution < -0.4 is 10.6 Å². The van der Waals surface area contributed by atoms with Crippen molar-refractivity contribution < 1.29 is 4.92 Å². The van der Waals surface area contributed by atoms with Gasteiger partial charge in [-0.25, -0.2) is 0 Å². The lowest BCUT2D eigenvalue weighted by Crippen LogP contribution is -2.16. The van der Waals surface area contributed by atoms with Crippen LogP contribution in [0, 0.1) is 16.0 Å². The number of nitro benzene ring substituents is 1. The van der Waals surface area contributed by atoms with Crippen LogP contribution in [0.15, 0.2) is 35.7 Å². The first-order chi connectivity index (χ1) is 10.0. The van der Waals surface area contributed by atoms with E-state index in [1.54, 1.807) is 30.5 Å². The van der Waals surface area contributed by atoms with Crippen molar-refractivity contribution in [2.45, 2.75) is 19.9 Å². The number of rotatable bonds is 6. The van der Waals surface area contributed by atoms with Crippen LogP contribution in [-0.2, 0) is 0 Å². The van der Waals surface area contributed by atoms with Crippen molar-refractivity contribution in [2.24, 2.45) is 5.92 Å². The highest BCUT2D eigenvalue weighted by atomic mass is 32.1. The average Bonchev–Trinajstić information content (AvgIpc) is 2.97. The van der Waals surface area contributed by atoms with Crippen LogP contribution in [0.1, 0.15) is 24.8 Å². The van der Waals surface area contributed by atoms with Crippen LogP contribution in [0.3, 0.4) is 0 Å². The predicted octanol–water partition coefficient (Wildman–Crippen LogP) is 4.51. The number of nitrogens with one attached hydrogen (secondary N) is 2. The number of thiophene rings is 1. The molecule has 2 aromatic rings. The van der Waals surface area contributed by atoms with Gasteiger partial charge in [-0.2, -0.15) is 0 Å². The van der Waals surface area contributed by atoms with E-state index in [9.17, 15) is 10.1 Å². The quantitative estimate of drug-likeness (QED) is 0.609. The maximum atomic E-state index is 11.4. The molecule has 0 saturated carbocycles. The molecule has 0 saturated heterocycles. The summed E-state index contributed by atoms with van der Waals surface area (Å²) in [6.07, 6.45) is 0. The molecular weight excluding hydrogens is 286 g/mol. The number of nitro groups is 1. The topological polar surface area (TPSA) is 67.2 Å². The van der Waals surface area contributed by atoms with E-state index in [0.29, 0.717) is 17.3 Å². The van der Waals surface area contributed by atoms with Gasteiger partial charge in [0.15, 0.2) is 0 Å². The van der Waals surface area contributed by atoms with Crippen molar-refractivity contribution in [3.8, 4) is 0 Å². The summed E-state index contributed by atoms with van der Waals surface area (Å²) in [5.74, 6) is 0.321. The maximum Gasteiger partial charge on any atom is 0.315 e. The van der Waals surface area contributed by atoms with E-state index in [1.807, 2.05) is 17.5 Å². The summed E-state index contributed by atoms with van der Waals surface area (Å²) >= 11 is 1.65. The summed E-state index contributed by atoms with van der Waals surface area (Å²) in [4.78, 5) is 12.2. The Morgan fingerprint density at radius 2 is 1.90 bits per heavy atom. The first-order valence-corrected chi connectivity index (χ1v) is 7.67. The SMILES string of the molecule is CNc1cccc(NC(c2cccs2)C(C)C)c1[N+](=O)[O-]. The lowest BCUT2D eigenvalue weighted by Gasteiger charge is -2.22. The molecule has 21 heavy (non-hydrogen) atoms. The lowest BCUT2D eigenvalue weighted by atomic mass is 10.0. The van der Waals surface area contributed by atoms with Crippen LogP contribution in [0.2, 0.25) is 0 Å². The summed E-state index contributed by atoms with van der Waals surface area (Å²) in [5, 5.41) is 19.6. The first-order valence-electron chi connectivity index (χ1n) is 6.79. The second-order valence-corrected chi connectivity index (χ2v) is 6.07.